The minimum absolute atomic E-state index is 0.0497. The Balaban J connectivity index is 2.98. The van der Waals surface area contributed by atoms with Gasteiger partial charge >= 0.3 is 0 Å². The summed E-state index contributed by atoms with van der Waals surface area (Å²) in [5, 5.41) is 2.73. The van der Waals surface area contributed by atoms with E-state index in [0.717, 1.165) is 12.1 Å². The molecule has 0 bridgehead atoms. The Kier molecular flexibility index (Phi) is 4.71. The van der Waals surface area contributed by atoms with Crippen LogP contribution in [-0.4, -0.2) is 26.3 Å². The van der Waals surface area contributed by atoms with E-state index in [0.29, 0.717) is 4.90 Å². The number of hydrogen-bond donors (Lipinski definition) is 1. The number of nitrogens with one attached hydrogen (secondary N) is 1. The summed E-state index contributed by atoms with van der Waals surface area (Å²) in [5.41, 5.74) is 1.07. The van der Waals surface area contributed by atoms with E-state index in [1.165, 1.54) is 0 Å². The molecule has 0 heterocycles. The summed E-state index contributed by atoms with van der Waals surface area (Å²) < 4.78 is 24.6. The topological polar surface area (TPSA) is 46.2 Å². The molecule has 4 heteroatoms. The molecule has 0 aliphatic rings. The molecule has 2 unspecified atom stereocenters. The van der Waals surface area contributed by atoms with Gasteiger partial charge in [-0.15, -0.1) is 0 Å². The van der Waals surface area contributed by atoms with E-state index in [2.05, 4.69) is 5.32 Å². The van der Waals surface area contributed by atoms with Gasteiger partial charge in [-0.25, -0.2) is 8.42 Å². The fraction of sp³-hybridized carbons (Fsp3) is 0.538. The minimum atomic E-state index is -3.24. The molecule has 3 nitrogen and oxygen atoms in total. The van der Waals surface area contributed by atoms with Crippen LogP contribution in [0.3, 0.4) is 0 Å². The molecule has 1 rings (SSSR count). The minimum Gasteiger partial charge on any atom is -0.313 e. The van der Waals surface area contributed by atoms with Crippen molar-refractivity contribution in [3.63, 3.8) is 0 Å². The Labute approximate surface area is 104 Å². The largest absolute Gasteiger partial charge is 0.313 e. The maximum absolute atomic E-state index is 12.3. The van der Waals surface area contributed by atoms with E-state index in [1.54, 1.807) is 19.1 Å². The van der Waals surface area contributed by atoms with E-state index in [9.17, 15) is 8.42 Å². The molecular formula is C13H21NO2S. The summed E-state index contributed by atoms with van der Waals surface area (Å²) in [4.78, 5) is 0.403. The first kappa shape index (κ1) is 14.2. The molecule has 1 N–H and O–H groups in total. The van der Waals surface area contributed by atoms with E-state index in [-0.39, 0.29) is 6.04 Å². The summed E-state index contributed by atoms with van der Waals surface area (Å²) in [5.74, 6) is 0. The van der Waals surface area contributed by atoms with Crippen molar-refractivity contribution in [1.82, 2.24) is 5.32 Å². The zero-order chi connectivity index (χ0) is 13.1. The van der Waals surface area contributed by atoms with Crippen molar-refractivity contribution in [3.8, 4) is 0 Å². The van der Waals surface area contributed by atoms with Crippen LogP contribution in [0.2, 0.25) is 0 Å². The summed E-state index contributed by atoms with van der Waals surface area (Å²) in [6.07, 6.45) is 0. The molecule has 1 aromatic carbocycles. The lowest BCUT2D eigenvalue weighted by molar-refractivity contribution is 0.521. The highest BCUT2D eigenvalue weighted by Gasteiger charge is 2.27. The molecule has 0 spiro atoms. The van der Waals surface area contributed by atoms with Gasteiger partial charge in [-0.1, -0.05) is 24.6 Å². The van der Waals surface area contributed by atoms with Gasteiger partial charge in [-0.05, 0) is 39.4 Å². The molecule has 0 fully saturated rings. The molecule has 0 aliphatic carbocycles. The maximum Gasteiger partial charge on any atom is 0.182 e. The van der Waals surface area contributed by atoms with Crippen LogP contribution in [0.25, 0.3) is 0 Å². The number of sulfone groups is 1. The third-order valence-electron chi connectivity index (χ3n) is 3.07. The quantitative estimate of drug-likeness (QED) is 0.877. The Bertz CT molecular complexity index is 451. The molecule has 96 valence electrons. The zero-order valence-electron chi connectivity index (χ0n) is 10.9. The van der Waals surface area contributed by atoms with Gasteiger partial charge in [0.15, 0.2) is 9.84 Å². The van der Waals surface area contributed by atoms with Gasteiger partial charge in [0, 0.05) is 6.04 Å². The fourth-order valence-electron chi connectivity index (χ4n) is 1.70. The third-order valence-corrected chi connectivity index (χ3v) is 5.39. The molecule has 2 atom stereocenters. The Morgan fingerprint density at radius 1 is 1.18 bits per heavy atom. The lowest BCUT2D eigenvalue weighted by Gasteiger charge is -2.21. The predicted octanol–water partition coefficient (Wildman–Crippen LogP) is 2.16. The maximum atomic E-state index is 12.3. The van der Waals surface area contributed by atoms with Gasteiger partial charge in [0.2, 0.25) is 0 Å². The standard InChI is InChI=1S/C13H21NO2S/c1-5-14-11(3)12(4)17(15,16)13-8-6-10(2)7-9-13/h6-9,11-12,14H,5H2,1-4H3. The number of hydrogen-bond acceptors (Lipinski definition) is 3. The van der Waals surface area contributed by atoms with Crippen LogP contribution in [-0.2, 0) is 9.84 Å². The van der Waals surface area contributed by atoms with Crippen LogP contribution >= 0.6 is 0 Å². The summed E-state index contributed by atoms with van der Waals surface area (Å²) in [7, 11) is -3.24. The van der Waals surface area contributed by atoms with E-state index >= 15 is 0 Å². The highest BCUT2D eigenvalue weighted by Crippen LogP contribution is 2.18. The van der Waals surface area contributed by atoms with Gasteiger partial charge < -0.3 is 5.32 Å². The first-order chi connectivity index (χ1) is 7.89. The van der Waals surface area contributed by atoms with Gasteiger partial charge in [-0.3, -0.25) is 0 Å². The van der Waals surface area contributed by atoms with Crippen LogP contribution in [0.4, 0.5) is 0 Å². The summed E-state index contributed by atoms with van der Waals surface area (Å²) in [6.45, 7) is 8.35. The predicted molar refractivity (Wildman–Crippen MR) is 71.0 cm³/mol. The number of aryl methyl sites for hydroxylation is 1. The summed E-state index contributed by atoms with van der Waals surface area (Å²) in [6, 6.07) is 6.97. The van der Waals surface area contributed by atoms with Gasteiger partial charge in [0.1, 0.15) is 0 Å². The van der Waals surface area contributed by atoms with E-state index in [1.807, 2.05) is 32.9 Å². The molecule has 0 aromatic heterocycles. The van der Waals surface area contributed by atoms with Crippen molar-refractivity contribution in [1.29, 1.82) is 0 Å². The molecule has 0 saturated heterocycles. The average molecular weight is 255 g/mol. The van der Waals surface area contributed by atoms with Crippen molar-refractivity contribution < 1.29 is 8.42 Å². The lowest BCUT2D eigenvalue weighted by Crippen LogP contribution is -2.40. The Hall–Kier alpha value is -0.870. The van der Waals surface area contributed by atoms with Gasteiger partial charge in [-0.2, -0.15) is 0 Å². The van der Waals surface area contributed by atoms with Crippen LogP contribution in [0.15, 0.2) is 29.2 Å². The second-order valence-corrected chi connectivity index (χ2v) is 6.71. The van der Waals surface area contributed by atoms with Crippen molar-refractivity contribution in [2.24, 2.45) is 0 Å². The highest BCUT2D eigenvalue weighted by atomic mass is 32.2. The van der Waals surface area contributed by atoms with E-state index < -0.39 is 15.1 Å². The second kappa shape index (κ2) is 5.65. The first-order valence-electron chi connectivity index (χ1n) is 5.93. The Morgan fingerprint density at radius 2 is 1.71 bits per heavy atom. The van der Waals surface area contributed by atoms with Crippen LogP contribution < -0.4 is 5.32 Å². The Morgan fingerprint density at radius 3 is 2.18 bits per heavy atom. The fourth-order valence-corrected chi connectivity index (χ4v) is 3.28. The number of rotatable bonds is 5. The normalized spacial score (nSPS) is 15.5. The zero-order valence-corrected chi connectivity index (χ0v) is 11.7. The second-order valence-electron chi connectivity index (χ2n) is 4.41. The van der Waals surface area contributed by atoms with Crippen LogP contribution in [0.5, 0.6) is 0 Å². The SMILES string of the molecule is CCNC(C)C(C)S(=O)(=O)c1ccc(C)cc1. The summed E-state index contributed by atoms with van der Waals surface area (Å²) >= 11 is 0. The third kappa shape index (κ3) is 3.30. The molecule has 17 heavy (non-hydrogen) atoms. The van der Waals surface area contributed by atoms with Crippen LogP contribution in [0, 0.1) is 6.92 Å². The number of benzene rings is 1. The molecule has 1 aromatic rings. The molecule has 0 radical (unpaired) electrons. The highest BCUT2D eigenvalue weighted by molar-refractivity contribution is 7.92. The molecular weight excluding hydrogens is 234 g/mol. The smallest absolute Gasteiger partial charge is 0.182 e. The van der Waals surface area contributed by atoms with E-state index in [4.69, 9.17) is 0 Å². The van der Waals surface area contributed by atoms with Crippen molar-refractivity contribution in [2.75, 3.05) is 6.54 Å². The molecule has 0 aliphatic heterocycles. The first-order valence-corrected chi connectivity index (χ1v) is 7.48. The molecule has 0 saturated carbocycles. The van der Waals surface area contributed by atoms with Crippen molar-refractivity contribution in [3.05, 3.63) is 29.8 Å². The monoisotopic (exact) mass is 255 g/mol. The van der Waals surface area contributed by atoms with Gasteiger partial charge in [0.05, 0.1) is 10.1 Å². The van der Waals surface area contributed by atoms with Crippen LogP contribution in [0.1, 0.15) is 26.3 Å². The van der Waals surface area contributed by atoms with Crippen molar-refractivity contribution >= 4 is 9.84 Å². The van der Waals surface area contributed by atoms with Gasteiger partial charge in [0.25, 0.3) is 0 Å². The average Bonchev–Trinajstić information content (AvgIpc) is 2.29. The molecule has 0 amide bonds. The lowest BCUT2D eigenvalue weighted by atomic mass is 10.2. The van der Waals surface area contributed by atoms with Crippen molar-refractivity contribution in [2.45, 2.75) is 43.9 Å².